The predicted molar refractivity (Wildman–Crippen MR) is 79.1 cm³/mol. The molecule has 0 spiro atoms. The molecule has 0 fully saturated rings. The van der Waals surface area contributed by atoms with E-state index in [9.17, 15) is 0 Å². The summed E-state index contributed by atoms with van der Waals surface area (Å²) in [5.74, 6) is 0. The lowest BCUT2D eigenvalue weighted by molar-refractivity contribution is 1.20. The molecule has 16 heavy (non-hydrogen) atoms. The quantitative estimate of drug-likeness (QED) is 0.486. The highest BCUT2D eigenvalue weighted by molar-refractivity contribution is 9.11. The maximum absolute atomic E-state index is 6.33. The number of halogens is 5. The monoisotopic (exact) mass is 394 g/mol. The maximum atomic E-state index is 6.33. The highest BCUT2D eigenvalue weighted by Crippen LogP contribution is 2.45. The molecule has 0 bridgehead atoms. The Balaban J connectivity index is 2.38. The van der Waals surface area contributed by atoms with Crippen LogP contribution in [0.15, 0.2) is 15.9 Å². The van der Waals surface area contributed by atoms with Crippen LogP contribution in [0.1, 0.15) is 15.8 Å². The minimum absolute atomic E-state index is 0.315. The summed E-state index contributed by atoms with van der Waals surface area (Å²) in [7, 11) is 0. The molecule has 2 aromatic rings. The normalized spacial score (nSPS) is 13.1. The van der Waals surface area contributed by atoms with Gasteiger partial charge in [-0.25, -0.2) is 0 Å². The Morgan fingerprint density at radius 1 is 1.12 bits per heavy atom. The van der Waals surface area contributed by atoms with Gasteiger partial charge in [-0.2, -0.15) is 0 Å². The van der Waals surface area contributed by atoms with Gasteiger partial charge in [0, 0.05) is 10.4 Å². The van der Waals surface area contributed by atoms with Crippen LogP contribution in [0, 0.1) is 0 Å². The molecule has 1 unspecified atom stereocenters. The van der Waals surface area contributed by atoms with E-state index in [4.69, 9.17) is 46.4 Å². The Labute approximate surface area is 129 Å². The van der Waals surface area contributed by atoms with E-state index in [0.29, 0.717) is 13.7 Å². The molecule has 0 N–H and O–H groups in total. The topological polar surface area (TPSA) is 0 Å². The van der Waals surface area contributed by atoms with Crippen molar-refractivity contribution >= 4 is 85.0 Å². The zero-order chi connectivity index (χ0) is 11.9. The van der Waals surface area contributed by atoms with E-state index >= 15 is 0 Å². The average Bonchev–Trinajstić information content (AvgIpc) is 2.70. The standard InChI is InChI=1S/C9H3BrCl4S2/c10-8-4(11)2-5(15-8)7(13)3-1-6(12)16-9(3)14/h1-2,7H. The van der Waals surface area contributed by atoms with E-state index in [-0.39, 0.29) is 5.38 Å². The van der Waals surface area contributed by atoms with Crippen molar-refractivity contribution in [2.24, 2.45) is 0 Å². The van der Waals surface area contributed by atoms with Gasteiger partial charge in [-0.15, -0.1) is 34.3 Å². The van der Waals surface area contributed by atoms with Crippen molar-refractivity contribution in [1.82, 2.24) is 0 Å². The third-order valence-electron chi connectivity index (χ3n) is 1.87. The molecule has 0 aromatic carbocycles. The second-order valence-corrected chi connectivity index (χ2v) is 8.44. The first kappa shape index (κ1) is 13.5. The number of rotatable bonds is 2. The molecule has 0 aliphatic heterocycles. The molecular formula is C9H3BrCl4S2. The van der Waals surface area contributed by atoms with Crippen LogP contribution in [0.25, 0.3) is 0 Å². The molecule has 0 radical (unpaired) electrons. The highest BCUT2D eigenvalue weighted by atomic mass is 79.9. The summed E-state index contributed by atoms with van der Waals surface area (Å²) in [4.78, 5) is 0.940. The van der Waals surface area contributed by atoms with Crippen molar-refractivity contribution in [2.75, 3.05) is 0 Å². The van der Waals surface area contributed by atoms with Gasteiger partial charge >= 0.3 is 0 Å². The Morgan fingerprint density at radius 3 is 2.25 bits per heavy atom. The molecule has 1 atom stereocenters. The summed E-state index contributed by atoms with van der Waals surface area (Å²) in [6.45, 7) is 0. The lowest BCUT2D eigenvalue weighted by Gasteiger charge is -2.04. The molecule has 0 aliphatic rings. The Morgan fingerprint density at radius 2 is 1.81 bits per heavy atom. The predicted octanol–water partition coefficient (Wildman–Crippen LogP) is 6.86. The smallest absolute Gasteiger partial charge is 0.0994 e. The zero-order valence-electron chi connectivity index (χ0n) is 7.44. The van der Waals surface area contributed by atoms with Crippen LogP contribution in [-0.2, 0) is 0 Å². The van der Waals surface area contributed by atoms with Gasteiger partial charge < -0.3 is 0 Å². The minimum Gasteiger partial charge on any atom is -0.130 e. The van der Waals surface area contributed by atoms with Gasteiger partial charge in [0.2, 0.25) is 0 Å². The van der Waals surface area contributed by atoms with Gasteiger partial charge in [0.25, 0.3) is 0 Å². The summed E-state index contributed by atoms with van der Waals surface area (Å²) in [6, 6.07) is 3.61. The van der Waals surface area contributed by atoms with Crippen LogP contribution in [-0.4, -0.2) is 0 Å². The summed E-state index contributed by atoms with van der Waals surface area (Å²) in [5, 5.41) is 0.341. The lowest BCUT2D eigenvalue weighted by Crippen LogP contribution is -1.87. The zero-order valence-corrected chi connectivity index (χ0v) is 13.7. The van der Waals surface area contributed by atoms with Crippen LogP contribution in [0.3, 0.4) is 0 Å². The number of thiophene rings is 2. The second-order valence-electron chi connectivity index (χ2n) is 2.91. The van der Waals surface area contributed by atoms with Crippen molar-refractivity contribution in [3.63, 3.8) is 0 Å². The van der Waals surface area contributed by atoms with E-state index in [1.165, 1.54) is 22.7 Å². The van der Waals surface area contributed by atoms with E-state index in [2.05, 4.69) is 15.9 Å². The molecule has 7 heteroatoms. The van der Waals surface area contributed by atoms with Gasteiger partial charge in [-0.05, 0) is 28.1 Å². The van der Waals surface area contributed by atoms with Gasteiger partial charge in [-0.3, -0.25) is 0 Å². The fourth-order valence-corrected chi connectivity index (χ4v) is 4.93. The van der Waals surface area contributed by atoms with Crippen LogP contribution < -0.4 is 0 Å². The molecule has 0 saturated carbocycles. The van der Waals surface area contributed by atoms with Gasteiger partial charge in [0.1, 0.15) is 0 Å². The fraction of sp³-hybridized carbons (Fsp3) is 0.111. The molecular weight excluding hydrogens is 394 g/mol. The second kappa shape index (κ2) is 5.35. The summed E-state index contributed by atoms with van der Waals surface area (Å²) >= 11 is 30.4. The van der Waals surface area contributed by atoms with E-state index < -0.39 is 0 Å². The van der Waals surface area contributed by atoms with E-state index in [0.717, 1.165) is 14.2 Å². The molecule has 2 heterocycles. The van der Waals surface area contributed by atoms with Gasteiger partial charge in [0.15, 0.2) is 0 Å². The summed E-state index contributed by atoms with van der Waals surface area (Å²) < 4.78 is 2.12. The number of hydrogen-bond donors (Lipinski definition) is 0. The number of alkyl halides is 1. The maximum Gasteiger partial charge on any atom is 0.0994 e. The van der Waals surface area contributed by atoms with Crippen molar-refractivity contribution in [1.29, 1.82) is 0 Å². The first-order chi connectivity index (χ1) is 7.49. The molecule has 0 saturated heterocycles. The SMILES string of the molecule is Clc1cc(C(Cl)c2cc(Cl)c(Br)s2)c(Cl)s1. The van der Waals surface area contributed by atoms with Crippen LogP contribution in [0.2, 0.25) is 13.7 Å². The summed E-state index contributed by atoms with van der Waals surface area (Å²) in [5.41, 5.74) is 0.823. The third-order valence-corrected chi connectivity index (χ3v) is 6.53. The Bertz CT molecular complexity index is 500. The Kier molecular flexibility index (Phi) is 4.51. The minimum atomic E-state index is -0.315. The van der Waals surface area contributed by atoms with Crippen molar-refractivity contribution in [3.8, 4) is 0 Å². The van der Waals surface area contributed by atoms with E-state index in [1.54, 1.807) is 6.07 Å². The summed E-state index contributed by atoms with van der Waals surface area (Å²) in [6.07, 6.45) is 0. The fourth-order valence-electron chi connectivity index (χ4n) is 1.17. The average molecular weight is 397 g/mol. The molecule has 2 rings (SSSR count). The number of hydrogen-bond acceptors (Lipinski definition) is 2. The molecule has 86 valence electrons. The first-order valence-corrected chi connectivity index (χ1v) is 8.02. The molecule has 2 aromatic heterocycles. The van der Waals surface area contributed by atoms with Crippen LogP contribution in [0.4, 0.5) is 0 Å². The third kappa shape index (κ3) is 2.72. The van der Waals surface area contributed by atoms with Crippen molar-refractivity contribution < 1.29 is 0 Å². The largest absolute Gasteiger partial charge is 0.130 e. The van der Waals surface area contributed by atoms with Crippen molar-refractivity contribution in [3.05, 3.63) is 40.1 Å². The highest BCUT2D eigenvalue weighted by Gasteiger charge is 2.20. The lowest BCUT2D eigenvalue weighted by atomic mass is 10.2. The molecule has 0 nitrogen and oxygen atoms in total. The van der Waals surface area contributed by atoms with Crippen molar-refractivity contribution in [2.45, 2.75) is 5.38 Å². The Hall–Kier alpha value is 1.04. The van der Waals surface area contributed by atoms with Crippen LogP contribution >= 0.6 is 85.0 Å². The first-order valence-electron chi connectivity index (χ1n) is 4.02. The molecule has 0 aliphatic carbocycles. The van der Waals surface area contributed by atoms with Crippen LogP contribution in [0.5, 0.6) is 0 Å². The van der Waals surface area contributed by atoms with E-state index in [1.807, 2.05) is 6.07 Å². The molecule has 0 amide bonds. The van der Waals surface area contributed by atoms with Gasteiger partial charge in [-0.1, -0.05) is 34.8 Å². The van der Waals surface area contributed by atoms with Gasteiger partial charge in [0.05, 0.1) is 22.9 Å².